The second kappa shape index (κ2) is 10.2. The van der Waals surface area contributed by atoms with Crippen LogP contribution in [0.3, 0.4) is 0 Å². The Morgan fingerprint density at radius 1 is 1.09 bits per heavy atom. The van der Waals surface area contributed by atoms with E-state index in [-0.39, 0.29) is 11.9 Å². The molecule has 32 heavy (non-hydrogen) atoms. The van der Waals surface area contributed by atoms with Gasteiger partial charge >= 0.3 is 0 Å². The number of nitrogens with zero attached hydrogens (tertiary/aromatic N) is 2. The average molecular weight is 437 g/mol. The maximum atomic E-state index is 12.4. The number of aromatic nitrogens is 3. The van der Waals surface area contributed by atoms with Gasteiger partial charge in [0.25, 0.3) is 0 Å². The zero-order valence-corrected chi connectivity index (χ0v) is 18.4. The van der Waals surface area contributed by atoms with Crippen LogP contribution in [0.4, 0.5) is 5.95 Å². The summed E-state index contributed by atoms with van der Waals surface area (Å²) >= 11 is 0. The van der Waals surface area contributed by atoms with Crippen molar-refractivity contribution in [3.05, 3.63) is 48.0 Å². The number of rotatable bonds is 9. The third kappa shape index (κ3) is 5.38. The van der Waals surface area contributed by atoms with Gasteiger partial charge in [0.05, 0.1) is 25.9 Å². The second-order valence-electron chi connectivity index (χ2n) is 7.79. The lowest BCUT2D eigenvalue weighted by Gasteiger charge is -2.13. The van der Waals surface area contributed by atoms with Crippen LogP contribution >= 0.6 is 0 Å². The highest BCUT2D eigenvalue weighted by Crippen LogP contribution is 2.31. The van der Waals surface area contributed by atoms with E-state index in [1.165, 1.54) is 12.8 Å². The number of anilines is 1. The molecule has 2 aromatic carbocycles. The molecule has 1 aromatic heterocycles. The lowest BCUT2D eigenvalue weighted by atomic mass is 10.1. The van der Waals surface area contributed by atoms with Gasteiger partial charge in [0.15, 0.2) is 5.82 Å². The van der Waals surface area contributed by atoms with E-state index in [1.54, 1.807) is 20.3 Å². The van der Waals surface area contributed by atoms with E-state index in [0.717, 1.165) is 29.7 Å². The van der Waals surface area contributed by atoms with Crippen molar-refractivity contribution in [1.29, 1.82) is 0 Å². The molecular formula is C24H28N4O4. The highest BCUT2D eigenvalue weighted by atomic mass is 16.5. The minimum Gasteiger partial charge on any atom is -0.497 e. The third-order valence-electron chi connectivity index (χ3n) is 5.54. The molecule has 0 radical (unpaired) electrons. The van der Waals surface area contributed by atoms with Crippen LogP contribution in [-0.4, -0.2) is 41.4 Å². The summed E-state index contributed by atoms with van der Waals surface area (Å²) < 4.78 is 16.7. The number of nitrogens with one attached hydrogen (secondary N) is 2. The maximum absolute atomic E-state index is 12.4. The predicted octanol–water partition coefficient (Wildman–Crippen LogP) is 4.38. The lowest BCUT2D eigenvalue weighted by Crippen LogP contribution is -2.13. The number of amides is 1. The molecule has 2 N–H and O–H groups in total. The number of ether oxygens (including phenoxy) is 3. The minimum atomic E-state index is -0.153. The molecule has 8 nitrogen and oxygen atoms in total. The largest absolute Gasteiger partial charge is 0.497 e. The van der Waals surface area contributed by atoms with Gasteiger partial charge in [-0.05, 0) is 61.9 Å². The molecule has 1 aliphatic rings. The summed E-state index contributed by atoms with van der Waals surface area (Å²) in [6.07, 6.45) is 5.96. The SMILES string of the molecule is COc1ccc(-c2nc(NC(=O)CCc3cccc(OC4CCCC4)c3)n[nH]2)c(OC)c1. The number of hydrogen-bond donors (Lipinski definition) is 2. The van der Waals surface area contributed by atoms with Gasteiger partial charge in [0, 0.05) is 12.5 Å². The molecule has 0 bridgehead atoms. The highest BCUT2D eigenvalue weighted by molar-refractivity contribution is 5.89. The number of benzene rings is 2. The van der Waals surface area contributed by atoms with Crippen molar-refractivity contribution in [3.8, 4) is 28.6 Å². The van der Waals surface area contributed by atoms with Gasteiger partial charge in [-0.25, -0.2) is 0 Å². The monoisotopic (exact) mass is 436 g/mol. The van der Waals surface area contributed by atoms with E-state index in [2.05, 4.69) is 20.5 Å². The van der Waals surface area contributed by atoms with Crippen LogP contribution in [0, 0.1) is 0 Å². The summed E-state index contributed by atoms with van der Waals surface area (Å²) in [5.74, 6) is 2.72. The molecule has 8 heteroatoms. The Morgan fingerprint density at radius 2 is 1.94 bits per heavy atom. The number of hydrogen-bond acceptors (Lipinski definition) is 6. The number of H-pyrrole nitrogens is 1. The van der Waals surface area contributed by atoms with Crippen molar-refractivity contribution in [2.45, 2.75) is 44.6 Å². The van der Waals surface area contributed by atoms with E-state index < -0.39 is 0 Å². The maximum Gasteiger partial charge on any atom is 0.249 e. The van der Waals surface area contributed by atoms with Crippen LogP contribution in [-0.2, 0) is 11.2 Å². The van der Waals surface area contributed by atoms with E-state index in [1.807, 2.05) is 36.4 Å². The topological polar surface area (TPSA) is 98.4 Å². The molecular weight excluding hydrogens is 408 g/mol. The first-order valence-corrected chi connectivity index (χ1v) is 10.8. The van der Waals surface area contributed by atoms with Crippen LogP contribution in [0.1, 0.15) is 37.7 Å². The number of aryl methyl sites for hydroxylation is 1. The van der Waals surface area contributed by atoms with E-state index >= 15 is 0 Å². The van der Waals surface area contributed by atoms with Crippen LogP contribution in [0.25, 0.3) is 11.4 Å². The van der Waals surface area contributed by atoms with E-state index in [9.17, 15) is 4.79 Å². The molecule has 0 atom stereocenters. The van der Waals surface area contributed by atoms with Crippen molar-refractivity contribution in [2.75, 3.05) is 19.5 Å². The molecule has 0 spiro atoms. The fraction of sp³-hybridized carbons (Fsp3) is 0.375. The summed E-state index contributed by atoms with van der Waals surface area (Å²) in [6, 6.07) is 13.4. The van der Waals surface area contributed by atoms with Gasteiger partial charge in [-0.1, -0.05) is 12.1 Å². The fourth-order valence-corrected chi connectivity index (χ4v) is 3.85. The molecule has 1 heterocycles. The van der Waals surface area contributed by atoms with Crippen LogP contribution < -0.4 is 19.5 Å². The number of methoxy groups -OCH3 is 2. The van der Waals surface area contributed by atoms with Gasteiger partial charge in [0.2, 0.25) is 11.9 Å². The zero-order chi connectivity index (χ0) is 22.3. The highest BCUT2D eigenvalue weighted by Gasteiger charge is 2.17. The number of aromatic amines is 1. The normalized spacial score (nSPS) is 13.7. The Balaban J connectivity index is 1.33. The van der Waals surface area contributed by atoms with Gasteiger partial charge in [0.1, 0.15) is 17.2 Å². The first-order valence-electron chi connectivity index (χ1n) is 10.8. The third-order valence-corrected chi connectivity index (χ3v) is 5.54. The van der Waals surface area contributed by atoms with Gasteiger partial charge in [-0.2, -0.15) is 4.98 Å². The summed E-state index contributed by atoms with van der Waals surface area (Å²) in [7, 11) is 3.17. The minimum absolute atomic E-state index is 0.153. The Hall–Kier alpha value is -3.55. The Kier molecular flexibility index (Phi) is 6.89. The van der Waals surface area contributed by atoms with Crippen molar-refractivity contribution in [1.82, 2.24) is 15.2 Å². The quantitative estimate of drug-likeness (QED) is 0.516. The first-order chi connectivity index (χ1) is 15.6. The average Bonchev–Trinajstić information content (AvgIpc) is 3.50. The lowest BCUT2D eigenvalue weighted by molar-refractivity contribution is -0.116. The molecule has 3 aromatic rings. The molecule has 1 fully saturated rings. The Labute approximate surface area is 187 Å². The van der Waals surface area contributed by atoms with E-state index in [0.29, 0.717) is 36.3 Å². The molecule has 1 saturated carbocycles. The summed E-state index contributed by atoms with van der Waals surface area (Å²) in [4.78, 5) is 16.8. The van der Waals surface area contributed by atoms with Crippen molar-refractivity contribution >= 4 is 11.9 Å². The van der Waals surface area contributed by atoms with Crippen LogP contribution in [0.5, 0.6) is 17.2 Å². The molecule has 168 valence electrons. The summed E-state index contributed by atoms with van der Waals surface area (Å²) in [6.45, 7) is 0. The first kappa shape index (κ1) is 21.7. The van der Waals surface area contributed by atoms with Crippen molar-refractivity contribution < 1.29 is 19.0 Å². The molecule has 4 rings (SSSR count). The molecule has 1 amide bonds. The fourth-order valence-electron chi connectivity index (χ4n) is 3.85. The summed E-state index contributed by atoms with van der Waals surface area (Å²) in [5.41, 5.74) is 1.79. The van der Waals surface area contributed by atoms with Gasteiger partial charge in [-0.15, -0.1) is 5.10 Å². The standard InChI is InChI=1S/C24H28N4O4/c1-30-18-11-12-20(21(15-18)31-2)23-26-24(28-27-23)25-22(29)13-10-16-6-5-9-19(14-16)32-17-7-3-4-8-17/h5-6,9,11-12,14-15,17H,3-4,7-8,10,13H2,1-2H3,(H2,25,26,27,28,29). The molecule has 1 aliphatic carbocycles. The van der Waals surface area contributed by atoms with Gasteiger partial charge < -0.3 is 14.2 Å². The Bertz CT molecular complexity index is 1060. The molecule has 0 unspecified atom stereocenters. The predicted molar refractivity (Wildman–Crippen MR) is 121 cm³/mol. The smallest absolute Gasteiger partial charge is 0.249 e. The second-order valence-corrected chi connectivity index (χ2v) is 7.79. The van der Waals surface area contributed by atoms with Crippen molar-refractivity contribution in [2.24, 2.45) is 0 Å². The molecule has 0 saturated heterocycles. The molecule has 0 aliphatic heterocycles. The van der Waals surface area contributed by atoms with Crippen molar-refractivity contribution in [3.63, 3.8) is 0 Å². The summed E-state index contributed by atoms with van der Waals surface area (Å²) in [5, 5.41) is 9.69. The number of carbonyl (C=O) groups excluding carboxylic acids is 1. The van der Waals surface area contributed by atoms with Crippen LogP contribution in [0.15, 0.2) is 42.5 Å². The Morgan fingerprint density at radius 3 is 2.72 bits per heavy atom. The number of carbonyl (C=O) groups is 1. The van der Waals surface area contributed by atoms with Crippen LogP contribution in [0.2, 0.25) is 0 Å². The van der Waals surface area contributed by atoms with Gasteiger partial charge in [-0.3, -0.25) is 15.2 Å². The van der Waals surface area contributed by atoms with E-state index in [4.69, 9.17) is 14.2 Å². The zero-order valence-electron chi connectivity index (χ0n) is 18.4.